The summed E-state index contributed by atoms with van der Waals surface area (Å²) < 4.78 is 0. The largest absolute Gasteiger partial charge is 0.377 e. The van der Waals surface area contributed by atoms with Crippen molar-refractivity contribution in [3.8, 4) is 0 Å². The summed E-state index contributed by atoms with van der Waals surface area (Å²) >= 11 is 0. The number of benzene rings is 2. The third-order valence-corrected chi connectivity index (χ3v) is 5.41. The minimum Gasteiger partial charge on any atom is -0.377 e. The Morgan fingerprint density at radius 1 is 1.07 bits per heavy atom. The third-order valence-electron chi connectivity index (χ3n) is 5.41. The number of likely N-dealkylation sites (tertiary alicyclic amines) is 1. The van der Waals surface area contributed by atoms with E-state index in [-0.39, 0.29) is 11.6 Å². The van der Waals surface area contributed by atoms with E-state index in [2.05, 4.69) is 17.4 Å². The van der Waals surface area contributed by atoms with Crippen molar-refractivity contribution in [2.75, 3.05) is 32.1 Å². The highest BCUT2D eigenvalue weighted by molar-refractivity contribution is 6.00. The fourth-order valence-electron chi connectivity index (χ4n) is 3.78. The van der Waals surface area contributed by atoms with E-state index in [1.165, 1.54) is 50.0 Å². The second-order valence-electron chi connectivity index (χ2n) is 7.84. The standard InChI is InChI=1S/C22H28N4O3/c1-24(2)21-11-10-19(26(28)29)14-20(21)22(27)23-15-17-6-8-18(9-7-17)16-25-12-4-3-5-13-25/h6-11,14H,3-5,12-13,15-16H2,1-2H3,(H,23,27)/p+1. The smallest absolute Gasteiger partial charge is 0.270 e. The molecular weight excluding hydrogens is 368 g/mol. The number of nitro benzene ring substituents is 1. The summed E-state index contributed by atoms with van der Waals surface area (Å²) in [6.45, 7) is 3.92. The molecule has 3 rings (SSSR count). The predicted molar refractivity (Wildman–Crippen MR) is 113 cm³/mol. The number of quaternary nitrogens is 1. The van der Waals surface area contributed by atoms with Gasteiger partial charge in [0, 0.05) is 44.0 Å². The summed E-state index contributed by atoms with van der Waals surface area (Å²) in [6.07, 6.45) is 3.97. The van der Waals surface area contributed by atoms with Crippen LogP contribution in [0.4, 0.5) is 11.4 Å². The molecule has 0 bridgehead atoms. The molecule has 0 aromatic heterocycles. The summed E-state index contributed by atoms with van der Waals surface area (Å²) in [6, 6.07) is 12.7. The van der Waals surface area contributed by atoms with Crippen LogP contribution in [0.1, 0.15) is 40.7 Å². The molecule has 1 fully saturated rings. The normalized spacial score (nSPS) is 14.4. The van der Waals surface area contributed by atoms with E-state index in [4.69, 9.17) is 0 Å². The second kappa shape index (κ2) is 9.52. The van der Waals surface area contributed by atoms with Crippen molar-refractivity contribution in [3.05, 3.63) is 69.3 Å². The number of amides is 1. The molecule has 2 N–H and O–H groups in total. The van der Waals surface area contributed by atoms with Crippen LogP contribution in [-0.2, 0) is 13.1 Å². The van der Waals surface area contributed by atoms with Crippen molar-refractivity contribution in [2.24, 2.45) is 0 Å². The Kier molecular flexibility index (Phi) is 6.82. The summed E-state index contributed by atoms with van der Waals surface area (Å²) in [4.78, 5) is 26.7. The monoisotopic (exact) mass is 397 g/mol. The molecule has 2 aromatic carbocycles. The number of hydrogen-bond acceptors (Lipinski definition) is 4. The lowest BCUT2D eigenvalue weighted by Crippen LogP contribution is -3.11. The highest BCUT2D eigenvalue weighted by Crippen LogP contribution is 2.24. The molecule has 1 heterocycles. The van der Waals surface area contributed by atoms with E-state index < -0.39 is 4.92 Å². The van der Waals surface area contributed by atoms with Gasteiger partial charge in [-0.05, 0) is 30.9 Å². The molecule has 0 atom stereocenters. The Morgan fingerprint density at radius 2 is 1.72 bits per heavy atom. The van der Waals surface area contributed by atoms with E-state index in [1.54, 1.807) is 30.0 Å². The number of non-ortho nitro benzene ring substituents is 1. The van der Waals surface area contributed by atoms with Gasteiger partial charge in [0.05, 0.1) is 23.6 Å². The van der Waals surface area contributed by atoms with Crippen molar-refractivity contribution in [3.63, 3.8) is 0 Å². The predicted octanol–water partition coefficient (Wildman–Crippen LogP) is 2.16. The molecule has 7 nitrogen and oxygen atoms in total. The SMILES string of the molecule is CN(C)c1ccc([N+](=O)[O-])cc1C(=O)NCc1ccc(C[NH+]2CCCCC2)cc1. The van der Waals surface area contributed by atoms with E-state index >= 15 is 0 Å². The van der Waals surface area contributed by atoms with Crippen molar-refractivity contribution in [1.29, 1.82) is 0 Å². The zero-order chi connectivity index (χ0) is 20.8. The molecule has 1 saturated heterocycles. The molecule has 1 amide bonds. The number of nitro groups is 1. The maximum Gasteiger partial charge on any atom is 0.270 e. The van der Waals surface area contributed by atoms with Gasteiger partial charge in [0.15, 0.2) is 0 Å². The van der Waals surface area contributed by atoms with E-state index in [9.17, 15) is 14.9 Å². The zero-order valence-electron chi connectivity index (χ0n) is 17.1. The topological polar surface area (TPSA) is 79.9 Å². The number of nitrogens with zero attached hydrogens (tertiary/aromatic N) is 2. The maximum absolute atomic E-state index is 12.7. The molecular formula is C22H29N4O3+. The first-order chi connectivity index (χ1) is 13.9. The molecule has 29 heavy (non-hydrogen) atoms. The van der Waals surface area contributed by atoms with Gasteiger partial charge in [-0.1, -0.05) is 24.3 Å². The van der Waals surface area contributed by atoms with Gasteiger partial charge in [0.2, 0.25) is 0 Å². The van der Waals surface area contributed by atoms with Crippen LogP contribution in [0.3, 0.4) is 0 Å². The molecule has 0 saturated carbocycles. The number of piperidine rings is 1. The first-order valence-electron chi connectivity index (χ1n) is 10.1. The van der Waals surface area contributed by atoms with Gasteiger partial charge in [-0.25, -0.2) is 0 Å². The molecule has 1 aliphatic heterocycles. The third kappa shape index (κ3) is 5.54. The Bertz CT molecular complexity index is 859. The molecule has 1 aliphatic rings. The van der Waals surface area contributed by atoms with Crippen LogP contribution in [0.5, 0.6) is 0 Å². The van der Waals surface area contributed by atoms with Gasteiger partial charge < -0.3 is 15.1 Å². The van der Waals surface area contributed by atoms with Gasteiger partial charge in [0.25, 0.3) is 11.6 Å². The quantitative estimate of drug-likeness (QED) is 0.554. The van der Waals surface area contributed by atoms with E-state index in [0.29, 0.717) is 17.8 Å². The van der Waals surface area contributed by atoms with Gasteiger partial charge in [-0.3, -0.25) is 14.9 Å². The highest BCUT2D eigenvalue weighted by Gasteiger charge is 2.18. The lowest BCUT2D eigenvalue weighted by molar-refractivity contribution is -0.918. The van der Waals surface area contributed by atoms with Gasteiger partial charge in [-0.2, -0.15) is 0 Å². The fraction of sp³-hybridized carbons (Fsp3) is 0.409. The van der Waals surface area contributed by atoms with Gasteiger partial charge in [0.1, 0.15) is 6.54 Å². The Hall–Kier alpha value is -2.93. The summed E-state index contributed by atoms with van der Waals surface area (Å²) in [5.74, 6) is -0.320. The summed E-state index contributed by atoms with van der Waals surface area (Å²) in [5, 5.41) is 14.0. The number of hydrogen-bond donors (Lipinski definition) is 2. The zero-order valence-corrected chi connectivity index (χ0v) is 17.1. The Balaban J connectivity index is 1.63. The van der Waals surface area contributed by atoms with Crippen LogP contribution in [-0.4, -0.2) is 38.0 Å². The van der Waals surface area contributed by atoms with Crippen LogP contribution in [0.15, 0.2) is 42.5 Å². The van der Waals surface area contributed by atoms with Crippen molar-refractivity contribution < 1.29 is 14.6 Å². The van der Waals surface area contributed by atoms with E-state index in [0.717, 1.165) is 12.1 Å². The molecule has 0 spiro atoms. The number of anilines is 1. The summed E-state index contributed by atoms with van der Waals surface area (Å²) in [5.41, 5.74) is 3.17. The van der Waals surface area contributed by atoms with Crippen LogP contribution >= 0.6 is 0 Å². The lowest BCUT2D eigenvalue weighted by Gasteiger charge is -2.23. The van der Waals surface area contributed by atoms with Crippen molar-refractivity contribution in [1.82, 2.24) is 5.32 Å². The molecule has 154 valence electrons. The van der Waals surface area contributed by atoms with Crippen LogP contribution in [0.25, 0.3) is 0 Å². The average Bonchev–Trinajstić information content (AvgIpc) is 2.73. The molecule has 0 unspecified atom stereocenters. The van der Waals surface area contributed by atoms with E-state index in [1.807, 2.05) is 12.1 Å². The summed E-state index contributed by atoms with van der Waals surface area (Å²) in [7, 11) is 3.61. The number of carbonyl (C=O) groups is 1. The van der Waals surface area contributed by atoms with Gasteiger partial charge >= 0.3 is 0 Å². The lowest BCUT2D eigenvalue weighted by atomic mass is 10.1. The Labute approximate surface area is 171 Å². The van der Waals surface area contributed by atoms with Crippen molar-refractivity contribution in [2.45, 2.75) is 32.4 Å². The second-order valence-corrected chi connectivity index (χ2v) is 7.84. The highest BCUT2D eigenvalue weighted by atomic mass is 16.6. The van der Waals surface area contributed by atoms with Crippen LogP contribution in [0, 0.1) is 10.1 Å². The average molecular weight is 397 g/mol. The van der Waals surface area contributed by atoms with Crippen LogP contribution < -0.4 is 15.1 Å². The molecule has 0 aliphatic carbocycles. The number of rotatable bonds is 7. The molecule has 7 heteroatoms. The first-order valence-corrected chi connectivity index (χ1v) is 10.1. The first kappa shape index (κ1) is 20.8. The van der Waals surface area contributed by atoms with Crippen molar-refractivity contribution >= 4 is 17.3 Å². The van der Waals surface area contributed by atoms with Crippen LogP contribution in [0.2, 0.25) is 0 Å². The molecule has 2 aromatic rings. The fourth-order valence-corrected chi connectivity index (χ4v) is 3.78. The number of nitrogens with one attached hydrogen (secondary N) is 2. The number of carbonyl (C=O) groups excluding carboxylic acids is 1. The molecule has 0 radical (unpaired) electrons. The van der Waals surface area contributed by atoms with Gasteiger partial charge in [-0.15, -0.1) is 0 Å². The minimum absolute atomic E-state index is 0.0923. The maximum atomic E-state index is 12.7. The minimum atomic E-state index is -0.487. The Morgan fingerprint density at radius 3 is 2.34 bits per heavy atom.